The number of carboxylic acids is 1. The predicted molar refractivity (Wildman–Crippen MR) is 82.5 cm³/mol. The normalized spacial score (nSPS) is 23.2. The van der Waals surface area contributed by atoms with Crippen LogP contribution < -0.4 is 5.32 Å². The molecule has 0 bridgehead atoms. The summed E-state index contributed by atoms with van der Waals surface area (Å²) < 4.78 is 5.39. The molecule has 0 amide bonds. The zero-order valence-electron chi connectivity index (χ0n) is 13.4. The Kier molecular flexibility index (Phi) is 6.02. The van der Waals surface area contributed by atoms with Crippen molar-refractivity contribution in [3.63, 3.8) is 0 Å². The quantitative estimate of drug-likeness (QED) is 0.636. The molecule has 0 aromatic rings. The lowest BCUT2D eigenvalue weighted by Gasteiger charge is -2.31. The average Bonchev–Trinajstić information content (AvgIpc) is 3.28. The van der Waals surface area contributed by atoms with Gasteiger partial charge in [0.25, 0.3) is 0 Å². The standard InChI is InChI=1S/C16H30N2O3/c1-16(15(19)20,17-13-5-6-13)9-3-4-10-18(2)14-7-11-21-12-8-14/h13-14,17H,3-12H2,1-2H3,(H,19,20). The molecule has 0 radical (unpaired) electrons. The number of unbranched alkanes of at least 4 members (excludes halogenated alkanes) is 1. The van der Waals surface area contributed by atoms with Crippen LogP contribution >= 0.6 is 0 Å². The van der Waals surface area contributed by atoms with E-state index in [4.69, 9.17) is 4.74 Å². The zero-order chi connectivity index (χ0) is 15.3. The SMILES string of the molecule is CN(CCCCC(C)(NC1CC1)C(=O)O)C1CCOCC1. The highest BCUT2D eigenvalue weighted by atomic mass is 16.5. The highest BCUT2D eigenvalue weighted by Gasteiger charge is 2.37. The van der Waals surface area contributed by atoms with Gasteiger partial charge in [-0.05, 0) is 65.5 Å². The van der Waals surface area contributed by atoms with Gasteiger partial charge in [-0.25, -0.2) is 0 Å². The third kappa shape index (κ3) is 5.24. The van der Waals surface area contributed by atoms with Gasteiger partial charge in [0.2, 0.25) is 0 Å². The van der Waals surface area contributed by atoms with Crippen molar-refractivity contribution in [2.45, 2.75) is 69.5 Å². The monoisotopic (exact) mass is 298 g/mol. The highest BCUT2D eigenvalue weighted by molar-refractivity contribution is 5.78. The Bertz CT molecular complexity index is 340. The summed E-state index contributed by atoms with van der Waals surface area (Å²) in [6.45, 7) is 4.62. The zero-order valence-corrected chi connectivity index (χ0v) is 13.4. The molecule has 21 heavy (non-hydrogen) atoms. The molecule has 1 unspecified atom stereocenters. The van der Waals surface area contributed by atoms with E-state index in [0.717, 1.165) is 58.3 Å². The molecule has 2 aliphatic rings. The number of nitrogens with one attached hydrogen (secondary N) is 1. The molecular formula is C16H30N2O3. The summed E-state index contributed by atoms with van der Waals surface area (Å²) in [6.07, 6.45) is 7.20. The van der Waals surface area contributed by atoms with Gasteiger partial charge >= 0.3 is 5.97 Å². The first kappa shape index (κ1) is 16.7. The van der Waals surface area contributed by atoms with Crippen molar-refractivity contribution in [2.75, 3.05) is 26.8 Å². The molecule has 2 fully saturated rings. The lowest BCUT2D eigenvalue weighted by atomic mass is 9.94. The second-order valence-corrected chi connectivity index (χ2v) is 6.84. The molecule has 0 aromatic carbocycles. The van der Waals surface area contributed by atoms with E-state index in [9.17, 15) is 9.90 Å². The first-order valence-corrected chi connectivity index (χ1v) is 8.30. The van der Waals surface area contributed by atoms with Gasteiger partial charge in [0.05, 0.1) is 0 Å². The molecule has 1 saturated heterocycles. The predicted octanol–water partition coefficient (Wildman–Crippen LogP) is 1.86. The molecule has 1 atom stereocenters. The average molecular weight is 298 g/mol. The van der Waals surface area contributed by atoms with Crippen LogP contribution in [-0.2, 0) is 9.53 Å². The van der Waals surface area contributed by atoms with Crippen molar-refractivity contribution < 1.29 is 14.6 Å². The van der Waals surface area contributed by atoms with E-state index in [-0.39, 0.29) is 0 Å². The van der Waals surface area contributed by atoms with Crippen molar-refractivity contribution in [1.82, 2.24) is 10.2 Å². The molecule has 122 valence electrons. The van der Waals surface area contributed by atoms with Crippen LogP contribution in [0.3, 0.4) is 0 Å². The van der Waals surface area contributed by atoms with Crippen LogP contribution in [0.15, 0.2) is 0 Å². The second-order valence-electron chi connectivity index (χ2n) is 6.84. The third-order valence-electron chi connectivity index (χ3n) is 4.82. The van der Waals surface area contributed by atoms with E-state index >= 15 is 0 Å². The van der Waals surface area contributed by atoms with Crippen LogP contribution in [0.5, 0.6) is 0 Å². The Morgan fingerprint density at radius 2 is 1.95 bits per heavy atom. The Labute approximate surface area is 128 Å². The summed E-state index contributed by atoms with van der Waals surface area (Å²) in [5.41, 5.74) is -0.752. The number of hydrogen-bond donors (Lipinski definition) is 2. The van der Waals surface area contributed by atoms with Crippen LogP contribution in [0, 0.1) is 0 Å². The Hall–Kier alpha value is -0.650. The molecule has 0 spiro atoms. The minimum absolute atomic E-state index is 0.427. The summed E-state index contributed by atoms with van der Waals surface area (Å²) in [5, 5.41) is 12.7. The van der Waals surface area contributed by atoms with Gasteiger partial charge in [-0.2, -0.15) is 0 Å². The van der Waals surface area contributed by atoms with Crippen molar-refractivity contribution in [2.24, 2.45) is 0 Å². The Balaban J connectivity index is 1.65. The number of hydrogen-bond acceptors (Lipinski definition) is 4. The summed E-state index contributed by atoms with van der Waals surface area (Å²) in [6, 6.07) is 1.06. The maximum atomic E-state index is 11.5. The van der Waals surface area contributed by atoms with E-state index in [0.29, 0.717) is 18.5 Å². The minimum Gasteiger partial charge on any atom is -0.480 e. The van der Waals surface area contributed by atoms with Crippen LogP contribution in [0.25, 0.3) is 0 Å². The Morgan fingerprint density at radius 3 is 2.52 bits per heavy atom. The largest absolute Gasteiger partial charge is 0.480 e. The van der Waals surface area contributed by atoms with E-state index < -0.39 is 11.5 Å². The van der Waals surface area contributed by atoms with Gasteiger partial charge in [-0.15, -0.1) is 0 Å². The first-order chi connectivity index (χ1) is 10.0. The van der Waals surface area contributed by atoms with Crippen LogP contribution in [0.2, 0.25) is 0 Å². The summed E-state index contributed by atoms with van der Waals surface area (Å²) in [4.78, 5) is 13.9. The van der Waals surface area contributed by atoms with E-state index in [2.05, 4.69) is 17.3 Å². The van der Waals surface area contributed by atoms with Crippen LogP contribution in [0.4, 0.5) is 0 Å². The van der Waals surface area contributed by atoms with Gasteiger partial charge in [-0.1, -0.05) is 0 Å². The molecule has 0 aromatic heterocycles. The lowest BCUT2D eigenvalue weighted by Crippen LogP contribution is -2.50. The molecule has 5 nitrogen and oxygen atoms in total. The lowest BCUT2D eigenvalue weighted by molar-refractivity contribution is -0.144. The number of rotatable bonds is 9. The third-order valence-corrected chi connectivity index (χ3v) is 4.82. The first-order valence-electron chi connectivity index (χ1n) is 8.30. The van der Waals surface area contributed by atoms with E-state index in [1.807, 2.05) is 6.92 Å². The van der Waals surface area contributed by atoms with E-state index in [1.54, 1.807) is 0 Å². The van der Waals surface area contributed by atoms with Crippen molar-refractivity contribution in [1.29, 1.82) is 0 Å². The summed E-state index contributed by atoms with van der Waals surface area (Å²) >= 11 is 0. The fourth-order valence-electron chi connectivity index (χ4n) is 3.07. The van der Waals surface area contributed by atoms with Gasteiger partial charge in [-0.3, -0.25) is 10.1 Å². The van der Waals surface area contributed by atoms with Crippen molar-refractivity contribution >= 4 is 5.97 Å². The Morgan fingerprint density at radius 1 is 1.29 bits per heavy atom. The summed E-state index contributed by atoms with van der Waals surface area (Å²) in [7, 11) is 2.18. The van der Waals surface area contributed by atoms with Crippen molar-refractivity contribution in [3.05, 3.63) is 0 Å². The van der Waals surface area contributed by atoms with Crippen LogP contribution in [0.1, 0.15) is 51.9 Å². The number of carboxylic acid groups (broad SMARTS) is 1. The number of ether oxygens (including phenoxy) is 1. The highest BCUT2D eigenvalue weighted by Crippen LogP contribution is 2.25. The fourth-order valence-corrected chi connectivity index (χ4v) is 3.07. The molecule has 1 saturated carbocycles. The second kappa shape index (κ2) is 7.56. The maximum Gasteiger partial charge on any atom is 0.323 e. The maximum absolute atomic E-state index is 11.5. The molecular weight excluding hydrogens is 268 g/mol. The van der Waals surface area contributed by atoms with Gasteiger partial charge in [0.1, 0.15) is 5.54 Å². The molecule has 2 rings (SSSR count). The number of carbonyl (C=O) groups is 1. The van der Waals surface area contributed by atoms with E-state index in [1.165, 1.54) is 0 Å². The molecule has 1 aliphatic heterocycles. The number of nitrogens with zero attached hydrogens (tertiary/aromatic N) is 1. The van der Waals surface area contributed by atoms with Crippen LogP contribution in [-0.4, -0.2) is 60.4 Å². The minimum atomic E-state index is -0.752. The molecule has 1 heterocycles. The molecule has 2 N–H and O–H groups in total. The fraction of sp³-hybridized carbons (Fsp3) is 0.938. The number of aliphatic carboxylic acids is 1. The van der Waals surface area contributed by atoms with Gasteiger partial charge in [0.15, 0.2) is 0 Å². The van der Waals surface area contributed by atoms with Gasteiger partial charge in [0, 0.05) is 25.3 Å². The van der Waals surface area contributed by atoms with Crippen molar-refractivity contribution in [3.8, 4) is 0 Å². The smallest absolute Gasteiger partial charge is 0.323 e. The molecule has 1 aliphatic carbocycles. The molecule has 5 heteroatoms. The topological polar surface area (TPSA) is 61.8 Å². The van der Waals surface area contributed by atoms with Gasteiger partial charge < -0.3 is 14.7 Å². The summed E-state index contributed by atoms with van der Waals surface area (Å²) in [5.74, 6) is -0.716.